The molecule has 4 heteroatoms. The predicted molar refractivity (Wildman–Crippen MR) is 137 cm³/mol. The quantitative estimate of drug-likeness (QED) is 0.455. The maximum absolute atomic E-state index is 12.6. The first-order chi connectivity index (χ1) is 16.7. The van der Waals surface area contributed by atoms with Crippen LogP contribution in [0.25, 0.3) is 0 Å². The van der Waals surface area contributed by atoms with Gasteiger partial charge in [0.1, 0.15) is 5.54 Å². The molecule has 0 heterocycles. The van der Waals surface area contributed by atoms with Gasteiger partial charge in [0.25, 0.3) is 0 Å². The molecule has 1 amide bonds. The summed E-state index contributed by atoms with van der Waals surface area (Å²) in [4.78, 5) is 36.8. The van der Waals surface area contributed by atoms with E-state index in [0.717, 1.165) is 38.5 Å². The zero-order chi connectivity index (χ0) is 25.0. The molecule has 1 N–H and O–H groups in total. The second-order valence-corrected chi connectivity index (χ2v) is 11.2. The number of fused-ring (bicyclic) bond motifs is 4. The number of carbonyl (C=O) groups is 3. The lowest BCUT2D eigenvalue weighted by Crippen LogP contribution is -2.59. The first-order valence-electron chi connectivity index (χ1n) is 13.1. The van der Waals surface area contributed by atoms with Crippen LogP contribution in [0.5, 0.6) is 0 Å². The van der Waals surface area contributed by atoms with Crippen molar-refractivity contribution in [3.05, 3.63) is 58.2 Å². The molecule has 5 atom stereocenters. The first-order valence-corrected chi connectivity index (χ1v) is 13.1. The van der Waals surface area contributed by atoms with Crippen molar-refractivity contribution < 1.29 is 14.4 Å². The van der Waals surface area contributed by atoms with E-state index in [-0.39, 0.29) is 28.8 Å². The average molecular weight is 470 g/mol. The van der Waals surface area contributed by atoms with E-state index in [0.29, 0.717) is 30.2 Å². The van der Waals surface area contributed by atoms with Crippen molar-refractivity contribution in [1.82, 2.24) is 5.32 Å². The highest BCUT2D eigenvalue weighted by Gasteiger charge is 2.63. The van der Waals surface area contributed by atoms with Crippen molar-refractivity contribution in [3.63, 3.8) is 0 Å². The molecule has 5 rings (SSSR count). The van der Waals surface area contributed by atoms with Gasteiger partial charge < -0.3 is 5.32 Å². The summed E-state index contributed by atoms with van der Waals surface area (Å²) < 4.78 is 0. The van der Waals surface area contributed by atoms with Crippen LogP contribution >= 0.6 is 0 Å². The average Bonchev–Trinajstić information content (AvgIpc) is 3.15. The molecule has 4 aliphatic rings. The van der Waals surface area contributed by atoms with E-state index in [1.807, 2.05) is 25.1 Å². The van der Waals surface area contributed by atoms with E-state index in [1.165, 1.54) is 22.3 Å². The maximum Gasteiger partial charge on any atom is 0.220 e. The molecule has 4 aliphatic carbocycles. The van der Waals surface area contributed by atoms with Crippen LogP contribution < -0.4 is 5.32 Å². The summed E-state index contributed by atoms with van der Waals surface area (Å²) in [5.41, 5.74) is 5.11. The zero-order valence-corrected chi connectivity index (χ0v) is 21.1. The van der Waals surface area contributed by atoms with Crippen molar-refractivity contribution in [3.8, 4) is 12.3 Å². The van der Waals surface area contributed by atoms with Gasteiger partial charge in [0, 0.05) is 29.7 Å². The van der Waals surface area contributed by atoms with Crippen molar-refractivity contribution >= 4 is 17.5 Å². The third kappa shape index (κ3) is 3.63. The summed E-state index contributed by atoms with van der Waals surface area (Å²) in [6, 6.07) is 8.05. The molecule has 0 aliphatic heterocycles. The lowest BCUT2D eigenvalue weighted by Gasteiger charge is -2.55. The number of allylic oxidation sites excluding steroid dienone is 4. The highest BCUT2D eigenvalue weighted by molar-refractivity contribution is 5.94. The maximum atomic E-state index is 12.6. The van der Waals surface area contributed by atoms with Gasteiger partial charge in [-0.2, -0.15) is 0 Å². The Labute approximate surface area is 208 Å². The Hall–Kier alpha value is -2.93. The molecule has 0 spiro atoms. The smallest absolute Gasteiger partial charge is 0.220 e. The number of nitrogens with one attached hydrogen (secondary N) is 1. The summed E-state index contributed by atoms with van der Waals surface area (Å²) >= 11 is 0. The third-order valence-electron chi connectivity index (χ3n) is 9.57. The van der Waals surface area contributed by atoms with Gasteiger partial charge in [0.05, 0.1) is 0 Å². The largest absolute Gasteiger partial charge is 0.339 e. The molecule has 0 saturated heterocycles. The zero-order valence-electron chi connectivity index (χ0n) is 21.1. The predicted octanol–water partition coefficient (Wildman–Crippen LogP) is 5.69. The van der Waals surface area contributed by atoms with Gasteiger partial charge in [-0.1, -0.05) is 49.6 Å². The molecule has 0 aromatic heterocycles. The molecule has 1 aromatic rings. The number of carbonyl (C=O) groups excluding carboxylic acids is 3. The molecule has 4 nitrogen and oxygen atoms in total. The van der Waals surface area contributed by atoms with Gasteiger partial charge in [-0.25, -0.2) is 0 Å². The molecule has 0 radical (unpaired) electrons. The minimum absolute atomic E-state index is 0.0102. The summed E-state index contributed by atoms with van der Waals surface area (Å²) in [6.07, 6.45) is 14.5. The summed E-state index contributed by atoms with van der Waals surface area (Å²) in [7, 11) is 0. The minimum atomic E-state index is -0.656. The van der Waals surface area contributed by atoms with E-state index in [2.05, 4.69) is 30.3 Å². The van der Waals surface area contributed by atoms with E-state index in [1.54, 1.807) is 6.92 Å². The summed E-state index contributed by atoms with van der Waals surface area (Å²) in [5, 5.41) is 3.29. The highest BCUT2D eigenvalue weighted by atomic mass is 16.2. The lowest BCUT2D eigenvalue weighted by atomic mass is 9.50. The van der Waals surface area contributed by atoms with Gasteiger partial charge in [0.15, 0.2) is 11.6 Å². The van der Waals surface area contributed by atoms with Crippen LogP contribution in [0, 0.1) is 29.6 Å². The highest BCUT2D eigenvalue weighted by Crippen LogP contribution is 2.66. The van der Waals surface area contributed by atoms with Crippen LogP contribution in [0.4, 0.5) is 0 Å². The van der Waals surface area contributed by atoms with Crippen molar-refractivity contribution in [2.45, 2.75) is 83.6 Å². The summed E-state index contributed by atoms with van der Waals surface area (Å²) in [5.74, 6) is 4.33. The van der Waals surface area contributed by atoms with Crippen LogP contribution in [0.15, 0.2) is 47.1 Å². The van der Waals surface area contributed by atoms with Gasteiger partial charge in [-0.15, -0.1) is 6.42 Å². The molecule has 2 saturated carbocycles. The molecule has 182 valence electrons. The third-order valence-corrected chi connectivity index (χ3v) is 9.57. The van der Waals surface area contributed by atoms with Crippen LogP contribution in [0.1, 0.15) is 94.0 Å². The molecule has 1 aromatic carbocycles. The van der Waals surface area contributed by atoms with E-state index < -0.39 is 5.54 Å². The summed E-state index contributed by atoms with van der Waals surface area (Å²) in [6.45, 7) is 5.76. The van der Waals surface area contributed by atoms with Crippen LogP contribution in [0.3, 0.4) is 0 Å². The lowest BCUT2D eigenvalue weighted by molar-refractivity contribution is -0.123. The SMILES string of the molecule is C#C[C@]1(NC(=O)CC)CC[C@H]2[C@@H]3CCC4=CC(=O)CCC4=C3[C@@H](c3ccc(C(C)=O)cc3)C[C@@]21C. The van der Waals surface area contributed by atoms with Gasteiger partial charge in [-0.3, -0.25) is 14.4 Å². The van der Waals surface area contributed by atoms with E-state index in [9.17, 15) is 14.4 Å². The fourth-order valence-corrected chi connectivity index (χ4v) is 7.74. The standard InChI is InChI=1S/C31H35NO3/c1-5-28(35)32-31(6-2)16-15-27-25-13-11-22-17-23(34)12-14-24(22)29(25)26(18-30(27,31)4)21-9-7-20(8-10-21)19(3)33/h2,7-10,17,25-27H,5,11-16,18H2,1,3-4H3,(H,32,35)/t25-,26+,27-,30-,31-/m0/s1. The number of Topliss-reactive ketones (excluding diaryl/α,β-unsaturated/α-hetero) is 1. The first kappa shape index (κ1) is 23.8. The Kier molecular flexibility index (Phi) is 5.86. The van der Waals surface area contributed by atoms with Crippen LogP contribution in [0.2, 0.25) is 0 Å². The van der Waals surface area contributed by atoms with Gasteiger partial charge in [0.2, 0.25) is 5.91 Å². The normalized spacial score (nSPS) is 33.7. The molecule has 35 heavy (non-hydrogen) atoms. The molecule has 2 fully saturated rings. The second kappa shape index (κ2) is 8.63. The Bertz CT molecular complexity index is 1200. The molecule has 0 unspecified atom stereocenters. The molecular formula is C31H35NO3. The van der Waals surface area contributed by atoms with E-state index in [4.69, 9.17) is 6.42 Å². The second-order valence-electron chi connectivity index (χ2n) is 11.2. The Balaban J connectivity index is 1.66. The molecular weight excluding hydrogens is 434 g/mol. The fourth-order valence-electron chi connectivity index (χ4n) is 7.74. The Morgan fingerprint density at radius 1 is 1.14 bits per heavy atom. The van der Waals surface area contributed by atoms with Crippen molar-refractivity contribution in [2.75, 3.05) is 0 Å². The number of terminal acetylenes is 1. The number of hydrogen-bond acceptors (Lipinski definition) is 3. The van der Waals surface area contributed by atoms with Crippen molar-refractivity contribution in [2.24, 2.45) is 17.3 Å². The fraction of sp³-hybridized carbons (Fsp3) is 0.516. The van der Waals surface area contributed by atoms with Gasteiger partial charge >= 0.3 is 0 Å². The van der Waals surface area contributed by atoms with Crippen LogP contribution in [-0.4, -0.2) is 23.0 Å². The molecule has 0 bridgehead atoms. The van der Waals surface area contributed by atoms with Crippen LogP contribution in [-0.2, 0) is 9.59 Å². The Morgan fingerprint density at radius 2 is 1.89 bits per heavy atom. The number of rotatable bonds is 4. The Morgan fingerprint density at radius 3 is 2.54 bits per heavy atom. The number of hydrogen-bond donors (Lipinski definition) is 1. The monoisotopic (exact) mass is 469 g/mol. The van der Waals surface area contributed by atoms with E-state index >= 15 is 0 Å². The minimum Gasteiger partial charge on any atom is -0.339 e. The van der Waals surface area contributed by atoms with Gasteiger partial charge in [-0.05, 0) is 80.1 Å². The number of benzene rings is 1. The number of amides is 1. The number of ketones is 2. The topological polar surface area (TPSA) is 63.2 Å². The van der Waals surface area contributed by atoms with Crippen molar-refractivity contribution in [1.29, 1.82) is 0 Å².